The van der Waals surface area contributed by atoms with Gasteiger partial charge in [-0.3, -0.25) is 9.69 Å². The summed E-state index contributed by atoms with van der Waals surface area (Å²) in [6, 6.07) is 0.937. The van der Waals surface area contributed by atoms with E-state index in [0.29, 0.717) is 6.04 Å². The summed E-state index contributed by atoms with van der Waals surface area (Å²) in [7, 11) is 1.92. The number of nitrogens with one attached hydrogen (secondary N) is 2. The minimum atomic E-state index is 0.0271. The third kappa shape index (κ3) is 2.99. The number of nitrogens with zero attached hydrogens (tertiary/aromatic N) is 1. The maximum atomic E-state index is 12.1. The van der Waals surface area contributed by atoms with Crippen molar-refractivity contribution in [3.8, 4) is 0 Å². The molecule has 1 saturated carbocycles. The summed E-state index contributed by atoms with van der Waals surface area (Å²) in [6.07, 6.45) is 6.54. The van der Waals surface area contributed by atoms with Gasteiger partial charge < -0.3 is 10.6 Å². The van der Waals surface area contributed by atoms with Crippen molar-refractivity contribution < 1.29 is 4.79 Å². The predicted octanol–water partition coefficient (Wildman–Crippen LogP) is 0.727. The lowest BCUT2D eigenvalue weighted by Gasteiger charge is -2.44. The van der Waals surface area contributed by atoms with Crippen LogP contribution in [-0.4, -0.2) is 49.1 Å². The molecular formula is C13H25N3O. The standard InChI is InChI=1S/C13H25N3O/c1-10-9-16(11-6-4-3-5-7-11)12(8-14-2)13(17)15-10/h10-12,14H,3-9H2,1-2H3,(H,15,17). The molecule has 0 bridgehead atoms. The highest BCUT2D eigenvalue weighted by atomic mass is 16.2. The first kappa shape index (κ1) is 12.8. The molecule has 0 aromatic rings. The lowest BCUT2D eigenvalue weighted by Crippen LogP contribution is -2.64. The van der Waals surface area contributed by atoms with Crippen LogP contribution in [0.5, 0.6) is 0 Å². The molecule has 98 valence electrons. The lowest BCUT2D eigenvalue weighted by molar-refractivity contribution is -0.132. The normalized spacial score (nSPS) is 32.5. The summed E-state index contributed by atoms with van der Waals surface area (Å²) in [5, 5.41) is 6.21. The summed E-state index contributed by atoms with van der Waals surface area (Å²) in [5.74, 6) is 0.198. The molecule has 2 atom stereocenters. The number of rotatable bonds is 3. The van der Waals surface area contributed by atoms with Crippen LogP contribution < -0.4 is 10.6 Å². The zero-order valence-corrected chi connectivity index (χ0v) is 11.0. The minimum absolute atomic E-state index is 0.0271. The molecule has 1 amide bonds. The highest BCUT2D eigenvalue weighted by Crippen LogP contribution is 2.25. The molecule has 2 rings (SSSR count). The van der Waals surface area contributed by atoms with Crippen LogP contribution in [0.3, 0.4) is 0 Å². The molecule has 4 nitrogen and oxygen atoms in total. The van der Waals surface area contributed by atoms with Crippen LogP contribution >= 0.6 is 0 Å². The Morgan fingerprint density at radius 3 is 2.71 bits per heavy atom. The molecule has 2 unspecified atom stereocenters. The third-order valence-electron chi connectivity index (χ3n) is 4.02. The van der Waals surface area contributed by atoms with E-state index in [4.69, 9.17) is 0 Å². The maximum absolute atomic E-state index is 12.1. The van der Waals surface area contributed by atoms with Gasteiger partial charge in [0.25, 0.3) is 0 Å². The van der Waals surface area contributed by atoms with Crippen LogP contribution in [0.2, 0.25) is 0 Å². The minimum Gasteiger partial charge on any atom is -0.351 e. The first-order valence-corrected chi connectivity index (χ1v) is 6.93. The van der Waals surface area contributed by atoms with E-state index < -0.39 is 0 Å². The SMILES string of the molecule is CNCC1C(=O)NC(C)CN1C1CCCCC1. The largest absolute Gasteiger partial charge is 0.351 e. The van der Waals surface area contributed by atoms with E-state index in [1.54, 1.807) is 0 Å². The molecule has 0 aromatic heterocycles. The zero-order chi connectivity index (χ0) is 12.3. The smallest absolute Gasteiger partial charge is 0.238 e. The molecule has 4 heteroatoms. The second-order valence-electron chi connectivity index (χ2n) is 5.47. The average Bonchev–Trinajstić information content (AvgIpc) is 2.33. The average molecular weight is 239 g/mol. The van der Waals surface area contributed by atoms with Gasteiger partial charge in [0.05, 0.1) is 0 Å². The second kappa shape index (κ2) is 5.83. The Hall–Kier alpha value is -0.610. The van der Waals surface area contributed by atoms with E-state index in [1.807, 2.05) is 7.05 Å². The summed E-state index contributed by atoms with van der Waals surface area (Å²) in [6.45, 7) is 3.86. The van der Waals surface area contributed by atoms with Crippen molar-refractivity contribution in [2.45, 2.75) is 57.2 Å². The number of hydrogen-bond acceptors (Lipinski definition) is 3. The quantitative estimate of drug-likeness (QED) is 0.763. The van der Waals surface area contributed by atoms with Gasteiger partial charge in [-0.1, -0.05) is 19.3 Å². The predicted molar refractivity (Wildman–Crippen MR) is 68.9 cm³/mol. The monoisotopic (exact) mass is 239 g/mol. The Morgan fingerprint density at radius 1 is 1.35 bits per heavy atom. The van der Waals surface area contributed by atoms with E-state index in [-0.39, 0.29) is 18.0 Å². The van der Waals surface area contributed by atoms with Crippen molar-refractivity contribution in [2.24, 2.45) is 0 Å². The fourth-order valence-electron chi connectivity index (χ4n) is 3.20. The highest BCUT2D eigenvalue weighted by Gasteiger charge is 2.36. The molecule has 1 aliphatic carbocycles. The van der Waals surface area contributed by atoms with Crippen molar-refractivity contribution >= 4 is 5.91 Å². The molecule has 1 aliphatic heterocycles. The molecule has 0 radical (unpaired) electrons. The van der Waals surface area contributed by atoms with Gasteiger partial charge in [0, 0.05) is 25.2 Å². The summed E-state index contributed by atoms with van der Waals surface area (Å²) >= 11 is 0. The van der Waals surface area contributed by atoms with E-state index in [2.05, 4.69) is 22.5 Å². The van der Waals surface area contributed by atoms with Gasteiger partial charge in [0.1, 0.15) is 6.04 Å². The van der Waals surface area contributed by atoms with Crippen LogP contribution in [0.25, 0.3) is 0 Å². The number of amides is 1. The first-order valence-electron chi connectivity index (χ1n) is 6.93. The molecule has 0 aromatic carbocycles. The van der Waals surface area contributed by atoms with Crippen LogP contribution in [0.15, 0.2) is 0 Å². The van der Waals surface area contributed by atoms with Crippen LogP contribution in [0, 0.1) is 0 Å². The maximum Gasteiger partial charge on any atom is 0.238 e. The molecule has 2 fully saturated rings. The van der Waals surface area contributed by atoms with Crippen LogP contribution in [0.1, 0.15) is 39.0 Å². The van der Waals surface area contributed by atoms with Gasteiger partial charge in [-0.05, 0) is 26.8 Å². The molecule has 2 aliphatic rings. The molecule has 1 saturated heterocycles. The number of carbonyl (C=O) groups excluding carboxylic acids is 1. The van der Waals surface area contributed by atoms with Gasteiger partial charge >= 0.3 is 0 Å². The fraction of sp³-hybridized carbons (Fsp3) is 0.923. The zero-order valence-electron chi connectivity index (χ0n) is 11.0. The number of likely N-dealkylation sites (N-methyl/N-ethyl adjacent to an activating group) is 1. The van der Waals surface area contributed by atoms with Gasteiger partial charge in [-0.15, -0.1) is 0 Å². The van der Waals surface area contributed by atoms with Crippen molar-refractivity contribution in [1.29, 1.82) is 0 Å². The van der Waals surface area contributed by atoms with Crippen LogP contribution in [0.4, 0.5) is 0 Å². The molecule has 0 spiro atoms. The first-order chi connectivity index (χ1) is 8.22. The van der Waals surface area contributed by atoms with Crippen LogP contribution in [-0.2, 0) is 4.79 Å². The van der Waals surface area contributed by atoms with Crippen molar-refractivity contribution in [2.75, 3.05) is 20.1 Å². The summed E-state index contributed by atoms with van der Waals surface area (Å²) in [5.41, 5.74) is 0. The van der Waals surface area contributed by atoms with Crippen molar-refractivity contribution in [1.82, 2.24) is 15.5 Å². The highest BCUT2D eigenvalue weighted by molar-refractivity contribution is 5.83. The number of piperazine rings is 1. The van der Waals surface area contributed by atoms with Crippen molar-refractivity contribution in [3.63, 3.8) is 0 Å². The Balaban J connectivity index is 2.05. The Labute approximate surface area is 104 Å². The lowest BCUT2D eigenvalue weighted by atomic mass is 9.91. The van der Waals surface area contributed by atoms with E-state index in [9.17, 15) is 4.79 Å². The molecular weight excluding hydrogens is 214 g/mol. The van der Waals surface area contributed by atoms with Gasteiger partial charge in [0.15, 0.2) is 0 Å². The third-order valence-corrected chi connectivity index (χ3v) is 4.02. The molecule has 17 heavy (non-hydrogen) atoms. The van der Waals surface area contributed by atoms with E-state index in [0.717, 1.165) is 13.1 Å². The topological polar surface area (TPSA) is 44.4 Å². The van der Waals surface area contributed by atoms with Crippen molar-refractivity contribution in [3.05, 3.63) is 0 Å². The fourth-order valence-corrected chi connectivity index (χ4v) is 3.20. The Bertz CT molecular complexity index is 263. The summed E-state index contributed by atoms with van der Waals surface area (Å²) in [4.78, 5) is 14.5. The van der Waals surface area contributed by atoms with Gasteiger partial charge in [-0.2, -0.15) is 0 Å². The number of carbonyl (C=O) groups is 1. The van der Waals surface area contributed by atoms with Gasteiger partial charge in [-0.25, -0.2) is 0 Å². The van der Waals surface area contributed by atoms with Gasteiger partial charge in [0.2, 0.25) is 5.91 Å². The van der Waals surface area contributed by atoms with E-state index in [1.165, 1.54) is 32.1 Å². The number of hydrogen-bond donors (Lipinski definition) is 2. The molecule has 2 N–H and O–H groups in total. The second-order valence-corrected chi connectivity index (χ2v) is 5.47. The van der Waals surface area contributed by atoms with E-state index >= 15 is 0 Å². The Kier molecular flexibility index (Phi) is 4.40. The Morgan fingerprint density at radius 2 is 2.06 bits per heavy atom. The molecule has 1 heterocycles. The summed E-state index contributed by atoms with van der Waals surface area (Å²) < 4.78 is 0.